The molecule has 0 radical (unpaired) electrons. The van der Waals surface area contributed by atoms with Gasteiger partial charge in [-0.15, -0.1) is 0 Å². The molecule has 1 N–H and O–H groups in total. The van der Waals surface area contributed by atoms with E-state index in [0.717, 1.165) is 13.2 Å². The lowest BCUT2D eigenvalue weighted by Crippen LogP contribution is -2.21. The van der Waals surface area contributed by atoms with Gasteiger partial charge in [0.1, 0.15) is 5.82 Å². The highest BCUT2D eigenvalue weighted by atomic mass is 19.4. The van der Waals surface area contributed by atoms with Crippen LogP contribution in [-0.4, -0.2) is 30.3 Å². The third-order valence-corrected chi connectivity index (χ3v) is 2.45. The number of hydrogen-bond acceptors (Lipinski definition) is 3. The number of carboxylic acid groups (broad SMARTS) is 1. The number of aliphatic carboxylic acids is 1. The molecular weight excluding hydrogens is 353 g/mol. The molecule has 1 aromatic rings. The number of benzene rings is 1. The zero-order valence-corrected chi connectivity index (χ0v) is 12.0. The third kappa shape index (κ3) is 7.29. The van der Waals surface area contributed by atoms with E-state index in [0.29, 0.717) is 6.07 Å². The molecule has 4 nitrogen and oxygen atoms in total. The molecule has 0 saturated heterocycles. The minimum atomic E-state index is -5.08. The molecule has 0 spiro atoms. The van der Waals surface area contributed by atoms with Crippen LogP contribution in [0.25, 0.3) is 0 Å². The first-order valence-corrected chi connectivity index (χ1v) is 6.02. The quantitative estimate of drug-likeness (QED) is 0.658. The van der Waals surface area contributed by atoms with Crippen LogP contribution in [0.4, 0.5) is 30.7 Å². The first kappa shape index (κ1) is 21.7. The topological polar surface area (TPSA) is 63.6 Å². The molecule has 1 aromatic carbocycles. The van der Waals surface area contributed by atoms with Crippen LogP contribution >= 0.6 is 0 Å². The molecule has 0 atom stereocenters. The number of carboxylic acids is 1. The Kier molecular flexibility index (Phi) is 7.68. The van der Waals surface area contributed by atoms with Gasteiger partial charge in [0.25, 0.3) is 0 Å². The number of aryl methyl sites for hydroxylation is 1. The molecule has 11 heteroatoms. The monoisotopic (exact) mass is 364 g/mol. The van der Waals surface area contributed by atoms with E-state index in [1.165, 1.54) is 6.07 Å². The zero-order valence-electron chi connectivity index (χ0n) is 12.0. The van der Waals surface area contributed by atoms with Crippen LogP contribution in [0, 0.1) is 5.82 Å². The predicted octanol–water partition coefficient (Wildman–Crippen LogP) is 3.58. The van der Waals surface area contributed by atoms with Crippen LogP contribution in [-0.2, 0) is 26.9 Å². The molecule has 0 aliphatic carbocycles. The molecule has 1 rings (SSSR count). The lowest BCUT2D eigenvalue weighted by Gasteiger charge is -2.10. The molecule has 0 heterocycles. The lowest BCUT2D eigenvalue weighted by molar-refractivity contribution is -0.192. The number of halogens is 7. The zero-order chi connectivity index (χ0) is 19.1. The molecule has 136 valence electrons. The van der Waals surface area contributed by atoms with E-state index in [4.69, 9.17) is 9.90 Å². The fourth-order valence-corrected chi connectivity index (χ4v) is 1.33. The van der Waals surface area contributed by atoms with E-state index in [-0.39, 0.29) is 18.4 Å². The Morgan fingerprint density at radius 3 is 2.00 bits per heavy atom. The molecule has 0 fully saturated rings. The van der Waals surface area contributed by atoms with Crippen molar-refractivity contribution in [3.05, 3.63) is 35.1 Å². The molecule has 24 heavy (non-hydrogen) atoms. The largest absolute Gasteiger partial charge is 0.490 e. The van der Waals surface area contributed by atoms with Crippen molar-refractivity contribution in [1.29, 1.82) is 0 Å². The lowest BCUT2D eigenvalue weighted by atomic mass is 10.0. The van der Waals surface area contributed by atoms with Crippen LogP contribution in [0.5, 0.6) is 0 Å². The number of esters is 1. The minimum absolute atomic E-state index is 0.123. The number of alkyl halides is 6. The number of rotatable bonds is 3. The molecule has 0 saturated carbocycles. The smallest absolute Gasteiger partial charge is 0.475 e. The van der Waals surface area contributed by atoms with Gasteiger partial charge in [0.05, 0.1) is 12.7 Å². The van der Waals surface area contributed by atoms with Gasteiger partial charge in [-0.2, -0.15) is 26.3 Å². The molecule has 0 amide bonds. The summed E-state index contributed by atoms with van der Waals surface area (Å²) in [5, 5.41) is 7.12. The number of carbonyl (C=O) groups excluding carboxylic acids is 1. The normalized spacial score (nSPS) is 11.3. The summed E-state index contributed by atoms with van der Waals surface area (Å²) in [7, 11) is 1.16. The number of carbonyl (C=O) groups is 2. The van der Waals surface area contributed by atoms with Gasteiger partial charge >= 0.3 is 24.3 Å². The molecule has 0 aliphatic rings. The van der Waals surface area contributed by atoms with Crippen molar-refractivity contribution in [2.24, 2.45) is 0 Å². The van der Waals surface area contributed by atoms with Gasteiger partial charge in [0, 0.05) is 6.42 Å². The van der Waals surface area contributed by atoms with Crippen LogP contribution in [0.15, 0.2) is 18.2 Å². The second-order valence-corrected chi connectivity index (χ2v) is 4.16. The third-order valence-electron chi connectivity index (χ3n) is 2.45. The summed E-state index contributed by atoms with van der Waals surface area (Å²) in [6, 6.07) is 2.99. The molecule has 0 bridgehead atoms. The van der Waals surface area contributed by atoms with Gasteiger partial charge in [-0.05, 0) is 18.1 Å². The summed E-state index contributed by atoms with van der Waals surface area (Å²) < 4.78 is 86.6. The summed E-state index contributed by atoms with van der Waals surface area (Å²) in [5.41, 5.74) is -1.47. The van der Waals surface area contributed by atoms with Gasteiger partial charge in [-0.3, -0.25) is 4.79 Å². The van der Waals surface area contributed by atoms with Crippen molar-refractivity contribution in [2.75, 3.05) is 7.11 Å². The maximum atomic E-state index is 13.5. The van der Waals surface area contributed by atoms with Gasteiger partial charge in [-0.1, -0.05) is 12.1 Å². The highest BCUT2D eigenvalue weighted by Gasteiger charge is 2.38. The van der Waals surface area contributed by atoms with Gasteiger partial charge in [-0.25, -0.2) is 9.18 Å². The first-order chi connectivity index (χ1) is 10.8. The van der Waals surface area contributed by atoms with Crippen molar-refractivity contribution < 1.29 is 50.2 Å². The van der Waals surface area contributed by atoms with Gasteiger partial charge in [0.2, 0.25) is 0 Å². The second kappa shape index (κ2) is 8.50. The van der Waals surface area contributed by atoms with Crippen molar-refractivity contribution in [1.82, 2.24) is 0 Å². The molecular formula is C13H11F7O4. The number of methoxy groups -OCH3 is 1. The van der Waals surface area contributed by atoms with E-state index in [2.05, 4.69) is 4.74 Å². The Bertz CT molecular complexity index is 579. The van der Waals surface area contributed by atoms with Crippen LogP contribution in [0.2, 0.25) is 0 Å². The van der Waals surface area contributed by atoms with E-state index in [9.17, 15) is 35.5 Å². The standard InChI is InChI=1S/C11H10F4O2.C2HF3O2/c1-17-9(16)6-5-7-3-2-4-8(10(7)12)11(13,14)15;3-2(4,5)1(6)7/h2-4H,5-6H2,1H3;(H,6,7). The van der Waals surface area contributed by atoms with Crippen LogP contribution < -0.4 is 0 Å². The Balaban J connectivity index is 0.000000640. The summed E-state index contributed by atoms with van der Waals surface area (Å²) >= 11 is 0. The van der Waals surface area contributed by atoms with Crippen molar-refractivity contribution in [3.8, 4) is 0 Å². The predicted molar refractivity (Wildman–Crippen MR) is 65.4 cm³/mol. The Morgan fingerprint density at radius 1 is 1.12 bits per heavy atom. The van der Waals surface area contributed by atoms with Gasteiger partial charge in [0.15, 0.2) is 0 Å². The maximum Gasteiger partial charge on any atom is 0.490 e. The number of hydrogen-bond donors (Lipinski definition) is 1. The van der Waals surface area contributed by atoms with Gasteiger partial charge < -0.3 is 9.84 Å². The van der Waals surface area contributed by atoms with Crippen molar-refractivity contribution >= 4 is 11.9 Å². The van der Waals surface area contributed by atoms with E-state index >= 15 is 0 Å². The van der Waals surface area contributed by atoms with Crippen LogP contribution in [0.1, 0.15) is 17.5 Å². The Morgan fingerprint density at radius 2 is 1.62 bits per heavy atom. The fourth-order valence-electron chi connectivity index (χ4n) is 1.33. The van der Waals surface area contributed by atoms with Crippen molar-refractivity contribution in [2.45, 2.75) is 25.2 Å². The van der Waals surface area contributed by atoms with E-state index in [1.54, 1.807) is 0 Å². The average Bonchev–Trinajstić information content (AvgIpc) is 2.44. The number of ether oxygens (including phenoxy) is 1. The summed E-state index contributed by atoms with van der Waals surface area (Å²) in [6.45, 7) is 0. The average molecular weight is 364 g/mol. The highest BCUT2D eigenvalue weighted by Crippen LogP contribution is 2.32. The maximum absolute atomic E-state index is 13.5. The second-order valence-electron chi connectivity index (χ2n) is 4.16. The van der Waals surface area contributed by atoms with Crippen molar-refractivity contribution in [3.63, 3.8) is 0 Å². The van der Waals surface area contributed by atoms with E-state index in [1.807, 2.05) is 0 Å². The Labute approximate surface area is 130 Å². The molecule has 0 unspecified atom stereocenters. The molecule has 0 aromatic heterocycles. The minimum Gasteiger partial charge on any atom is -0.475 e. The Hall–Kier alpha value is -2.33. The molecule has 0 aliphatic heterocycles. The summed E-state index contributed by atoms with van der Waals surface area (Å²) in [4.78, 5) is 19.7. The SMILES string of the molecule is COC(=O)CCc1cccc(C(F)(F)F)c1F.O=C(O)C(F)(F)F. The summed E-state index contributed by atoms with van der Waals surface area (Å²) in [5.74, 6) is -4.68. The van der Waals surface area contributed by atoms with E-state index < -0.39 is 35.7 Å². The highest BCUT2D eigenvalue weighted by molar-refractivity contribution is 5.73. The first-order valence-electron chi connectivity index (χ1n) is 6.02. The fraction of sp³-hybridized carbons (Fsp3) is 0.385. The van der Waals surface area contributed by atoms with Crippen LogP contribution in [0.3, 0.4) is 0 Å². The summed E-state index contributed by atoms with van der Waals surface area (Å²) in [6.07, 6.45) is -10.1.